The van der Waals surface area contributed by atoms with E-state index in [1.807, 2.05) is 158 Å². The molecular weight excluding hydrogens is 1750 g/mol. The lowest BCUT2D eigenvalue weighted by Gasteiger charge is -2.24. The van der Waals surface area contributed by atoms with E-state index in [1.165, 1.54) is 26.9 Å². The Morgan fingerprint density at radius 2 is 0.597 bits per heavy atom. The number of rotatable bonds is 10. The summed E-state index contributed by atoms with van der Waals surface area (Å²) in [6, 6.07) is 162. The number of aromatic nitrogens is 8. The van der Waals surface area contributed by atoms with E-state index in [-0.39, 0.29) is 0 Å². The first-order valence-corrected chi connectivity index (χ1v) is 51.9. The lowest BCUT2D eigenvalue weighted by molar-refractivity contribution is 0.591. The number of hydrogen-bond donors (Lipinski definition) is 0. The predicted octanol–water partition coefficient (Wildman–Crippen LogP) is 27.8. The number of para-hydroxylation sites is 9. The van der Waals surface area contributed by atoms with Gasteiger partial charge in [-0.05, 0) is 167 Å². The van der Waals surface area contributed by atoms with Gasteiger partial charge in [-0.1, -0.05) is 382 Å². The summed E-state index contributed by atoms with van der Waals surface area (Å²) in [5.41, 5.74) is 14.6. The van der Waals surface area contributed by atoms with Crippen LogP contribution in [0.2, 0.25) is 0 Å². The van der Waals surface area contributed by atoms with Gasteiger partial charge >= 0.3 is 0 Å². The molecule has 652 valence electrons. The van der Waals surface area contributed by atoms with E-state index >= 15 is 13.7 Å². The molecule has 3 unspecified atom stereocenters. The number of hydrogen-bond acceptors (Lipinski definition) is 8. The monoisotopic (exact) mass is 1830 g/mol. The summed E-state index contributed by atoms with van der Waals surface area (Å²) >= 11 is 0. The van der Waals surface area contributed by atoms with Crippen molar-refractivity contribution in [2.75, 3.05) is 0 Å². The van der Waals surface area contributed by atoms with E-state index in [2.05, 4.69) is 329 Å². The molecule has 0 spiro atoms. The molecule has 7 aromatic heterocycles. The highest BCUT2D eigenvalue weighted by Gasteiger charge is 2.40. The Morgan fingerprint density at radius 1 is 0.187 bits per heavy atom. The van der Waals surface area contributed by atoms with E-state index < -0.39 is 21.4 Å². The number of fused-ring (bicyclic) bond motifs is 35. The van der Waals surface area contributed by atoms with Gasteiger partial charge in [0.2, 0.25) is 7.14 Å². The van der Waals surface area contributed by atoms with Crippen molar-refractivity contribution in [1.82, 2.24) is 38.1 Å². The highest BCUT2D eigenvalue weighted by molar-refractivity contribution is 7.86. The maximum absolute atomic E-state index is 16.8. The maximum Gasteiger partial charge on any atom is 0.207 e. The first-order chi connectivity index (χ1) is 68.6. The molecule has 29 aromatic rings. The molecule has 0 N–H and O–H groups in total. The van der Waals surface area contributed by atoms with Crippen LogP contribution in [0.1, 0.15) is 0 Å². The van der Waals surface area contributed by atoms with Crippen LogP contribution in [0, 0.1) is 0 Å². The molecule has 3 atom stereocenters. The molecule has 22 aromatic carbocycles. The quantitative estimate of drug-likeness (QED) is 0.0978. The van der Waals surface area contributed by atoms with Gasteiger partial charge in [0.25, 0.3) is 0 Å². The van der Waals surface area contributed by atoms with Crippen molar-refractivity contribution in [3.63, 3.8) is 0 Å². The minimum atomic E-state index is -3.63. The summed E-state index contributed by atoms with van der Waals surface area (Å²) in [7, 11) is -10.5. The molecule has 0 radical (unpaired) electrons. The zero-order valence-electron chi connectivity index (χ0n) is 74.8. The van der Waals surface area contributed by atoms with Crippen LogP contribution in [0.25, 0.3) is 202 Å². The van der Waals surface area contributed by atoms with Crippen LogP contribution in [-0.2, 0) is 13.7 Å². The molecule has 0 aliphatic carbocycles. The van der Waals surface area contributed by atoms with E-state index in [4.69, 9.17) is 24.9 Å². The molecule has 14 heteroatoms. The van der Waals surface area contributed by atoms with Gasteiger partial charge in [-0.2, -0.15) is 0 Å². The second-order valence-electron chi connectivity index (χ2n) is 35.8. The van der Waals surface area contributed by atoms with Gasteiger partial charge in [0.05, 0.1) is 49.7 Å². The summed E-state index contributed by atoms with van der Waals surface area (Å²) in [6.07, 6.45) is 1.78. The van der Waals surface area contributed by atoms with Crippen LogP contribution in [0.4, 0.5) is 0 Å². The number of imidazole rings is 3. The molecule has 29 rings (SSSR count). The molecule has 0 aliphatic heterocycles. The average molecular weight is 1830 g/mol. The molecule has 0 fully saturated rings. The Hall–Kier alpha value is -17.2. The molecule has 0 amide bonds. The predicted molar refractivity (Wildman–Crippen MR) is 585 cm³/mol. The lowest BCUT2D eigenvalue weighted by atomic mass is 9.99. The van der Waals surface area contributed by atoms with Crippen molar-refractivity contribution in [2.45, 2.75) is 0 Å². The number of pyridine rings is 3. The second-order valence-corrected chi connectivity index (χ2v) is 43.9. The van der Waals surface area contributed by atoms with Gasteiger partial charge in [0.15, 0.2) is 19.8 Å². The summed E-state index contributed by atoms with van der Waals surface area (Å²) in [4.78, 5) is 25.6. The minimum absolute atomic E-state index is 0.316. The molecule has 0 saturated carbocycles. The Bertz CT molecular complexity index is 10400. The summed E-state index contributed by atoms with van der Waals surface area (Å²) in [6.45, 7) is 0. The Kier molecular flexibility index (Phi) is 18.9. The van der Waals surface area contributed by atoms with E-state index in [1.54, 1.807) is 6.20 Å². The number of nitrogens with zero attached hydrogens (tertiary/aromatic N) is 8. The Balaban J connectivity index is 0.000000105. The SMILES string of the molecule is O=P(c1ccc2ccccc2c1)(c1ccc2ccc3ccccc3c2c1)c1cc2c(c3ccccc13)c1ccccc1n1c3ccccc3nc21.O=P(c1ccccc1)(c1ccc(-c2ccccc2)cc1)c1cccc2c1nc1c3ccc4ccccc4c3c3ccccc3n21.O=P(c1ccccc1)(c1ncc2ccccc2n1)c1cc2ccccc2c2c3ccccc3n3c4ccccc4nc3c12. The fourth-order valence-electron chi connectivity index (χ4n) is 21.9. The van der Waals surface area contributed by atoms with E-state index in [0.717, 1.165) is 207 Å². The standard InChI is InChI=1S/C47H29N2OP.C41H27N2OP.C37H23N4OP/c50-51(34-25-23-30-11-1-2-13-33(30)27-34,35-26-24-32-22-21-31-12-3-4-14-36(31)40(32)28-35)45-29-41-46(38-16-6-5-15-37(38)45)39-17-7-9-19-43(39)49-44-20-10-8-18-42(44)48-47(41)49;44-45(31-15-5-2-6-16-31,32-25-22-29(23-26-32)28-12-3-1-4-13-28)38-21-11-20-37-40(38)42-41-35-27-24-30-14-7-8-17-33(30)39(35)34-18-9-10-19-36(34)43(37)41;42-43(26-14-2-1-3-15-26,37-38-23-25-13-5-8-18-29(25)40-37)33-22-24-12-4-6-16-27(24)34-28-17-7-10-20-31(28)41-32-21-11-9-19-30(32)39-36(41)35(33)34/h1-29H;1-27H;1-23H. The van der Waals surface area contributed by atoms with Crippen molar-refractivity contribution in [1.29, 1.82) is 0 Å². The first-order valence-electron chi connectivity index (χ1n) is 46.7. The zero-order valence-corrected chi connectivity index (χ0v) is 77.4. The molecule has 139 heavy (non-hydrogen) atoms. The third-order valence-corrected chi connectivity index (χ3v) is 37.2. The van der Waals surface area contributed by atoms with Crippen LogP contribution in [0.15, 0.2) is 479 Å². The third-order valence-electron chi connectivity index (χ3n) is 28.3. The molecule has 0 saturated heterocycles. The number of benzene rings is 22. The van der Waals surface area contributed by atoms with Crippen LogP contribution < -0.4 is 48.0 Å². The topological polar surface area (TPSA) is 129 Å². The van der Waals surface area contributed by atoms with Gasteiger partial charge in [0, 0.05) is 102 Å². The van der Waals surface area contributed by atoms with Gasteiger partial charge in [-0.25, -0.2) is 24.9 Å². The minimum Gasteiger partial charge on any atom is -0.309 e. The molecular formula is C125H79N8O3P3. The van der Waals surface area contributed by atoms with E-state index in [0.29, 0.717) is 16.2 Å². The summed E-state index contributed by atoms with van der Waals surface area (Å²) in [5, 5.41) is 30.0. The van der Waals surface area contributed by atoms with Crippen LogP contribution >= 0.6 is 21.4 Å². The van der Waals surface area contributed by atoms with Gasteiger partial charge in [0.1, 0.15) is 22.5 Å². The normalized spacial score (nSPS) is 13.3. The molecule has 7 heterocycles. The Labute approximate surface area is 796 Å². The van der Waals surface area contributed by atoms with Crippen molar-refractivity contribution in [3.8, 4) is 11.1 Å². The van der Waals surface area contributed by atoms with E-state index in [9.17, 15) is 0 Å². The summed E-state index contributed by atoms with van der Waals surface area (Å²) in [5.74, 6) is 0. The van der Waals surface area contributed by atoms with Crippen molar-refractivity contribution >= 4 is 260 Å². The third kappa shape index (κ3) is 12.7. The summed E-state index contributed by atoms with van der Waals surface area (Å²) < 4.78 is 55.5. The highest BCUT2D eigenvalue weighted by Crippen LogP contribution is 2.53. The van der Waals surface area contributed by atoms with Crippen LogP contribution in [-0.4, -0.2) is 38.1 Å². The largest absolute Gasteiger partial charge is 0.309 e. The average Bonchev–Trinajstić information content (AvgIpc) is 1.68. The van der Waals surface area contributed by atoms with Crippen molar-refractivity contribution < 1.29 is 13.7 Å². The van der Waals surface area contributed by atoms with Crippen molar-refractivity contribution in [3.05, 3.63) is 479 Å². The zero-order chi connectivity index (χ0) is 92.2. The molecule has 11 nitrogen and oxygen atoms in total. The smallest absolute Gasteiger partial charge is 0.207 e. The second kappa shape index (κ2) is 32.3. The van der Waals surface area contributed by atoms with Gasteiger partial charge in [-0.3, -0.25) is 13.2 Å². The van der Waals surface area contributed by atoms with Gasteiger partial charge in [-0.15, -0.1) is 0 Å². The van der Waals surface area contributed by atoms with Gasteiger partial charge < -0.3 is 13.7 Å². The molecule has 0 aliphatic rings. The molecule has 0 bridgehead atoms. The highest BCUT2D eigenvalue weighted by atomic mass is 31.2. The van der Waals surface area contributed by atoms with Crippen molar-refractivity contribution in [2.24, 2.45) is 0 Å². The fourth-order valence-corrected chi connectivity index (χ4v) is 30.2. The van der Waals surface area contributed by atoms with Crippen LogP contribution in [0.3, 0.4) is 0 Å². The van der Waals surface area contributed by atoms with Crippen LogP contribution in [0.5, 0.6) is 0 Å². The maximum atomic E-state index is 16.8. The first kappa shape index (κ1) is 81.4. The fraction of sp³-hybridized carbons (Fsp3) is 0. The lowest BCUT2D eigenvalue weighted by Crippen LogP contribution is -2.30. The Morgan fingerprint density at radius 3 is 1.25 bits per heavy atom.